The van der Waals surface area contributed by atoms with E-state index in [0.717, 1.165) is 10.0 Å². The maximum atomic E-state index is 9.59. The van der Waals surface area contributed by atoms with Crippen molar-refractivity contribution in [3.05, 3.63) is 34.3 Å². The SMILES string of the molecule is NCC[C@H](O)c1ccccc1Br. The minimum absolute atomic E-state index is 0.453. The Bertz CT molecular complexity index is 252. The molecule has 66 valence electrons. The van der Waals surface area contributed by atoms with Gasteiger partial charge in [0.25, 0.3) is 0 Å². The third kappa shape index (κ3) is 2.30. The van der Waals surface area contributed by atoms with Crippen LogP contribution in [0.5, 0.6) is 0 Å². The minimum Gasteiger partial charge on any atom is -0.388 e. The summed E-state index contributed by atoms with van der Waals surface area (Å²) >= 11 is 3.37. The van der Waals surface area contributed by atoms with E-state index in [1.54, 1.807) is 0 Å². The second-order valence-electron chi connectivity index (χ2n) is 2.61. The molecule has 1 aromatic rings. The fourth-order valence-electron chi connectivity index (χ4n) is 1.06. The molecule has 0 saturated carbocycles. The largest absolute Gasteiger partial charge is 0.388 e. The highest BCUT2D eigenvalue weighted by atomic mass is 79.9. The lowest BCUT2D eigenvalue weighted by Crippen LogP contribution is -2.06. The van der Waals surface area contributed by atoms with Gasteiger partial charge in [-0.1, -0.05) is 34.1 Å². The maximum absolute atomic E-state index is 9.59. The van der Waals surface area contributed by atoms with Gasteiger partial charge in [-0.15, -0.1) is 0 Å². The van der Waals surface area contributed by atoms with Gasteiger partial charge in [0.1, 0.15) is 0 Å². The molecule has 0 amide bonds. The van der Waals surface area contributed by atoms with Crippen molar-refractivity contribution in [2.45, 2.75) is 12.5 Å². The fraction of sp³-hybridized carbons (Fsp3) is 0.333. The summed E-state index contributed by atoms with van der Waals surface area (Å²) < 4.78 is 0.936. The molecule has 3 N–H and O–H groups in total. The highest BCUT2D eigenvalue weighted by molar-refractivity contribution is 9.10. The summed E-state index contributed by atoms with van der Waals surface area (Å²) in [5.41, 5.74) is 6.25. The Hall–Kier alpha value is -0.380. The molecule has 3 heteroatoms. The van der Waals surface area contributed by atoms with E-state index in [1.165, 1.54) is 0 Å². The molecule has 0 bridgehead atoms. The van der Waals surface area contributed by atoms with Crippen LogP contribution in [-0.4, -0.2) is 11.7 Å². The molecule has 12 heavy (non-hydrogen) atoms. The van der Waals surface area contributed by atoms with Gasteiger partial charge >= 0.3 is 0 Å². The van der Waals surface area contributed by atoms with Crippen LogP contribution in [0.2, 0.25) is 0 Å². The van der Waals surface area contributed by atoms with Crippen molar-refractivity contribution in [3.8, 4) is 0 Å². The Kier molecular flexibility index (Phi) is 3.72. The first-order valence-electron chi connectivity index (χ1n) is 3.88. The van der Waals surface area contributed by atoms with Gasteiger partial charge in [-0.05, 0) is 24.6 Å². The second-order valence-corrected chi connectivity index (χ2v) is 3.47. The zero-order chi connectivity index (χ0) is 8.97. The minimum atomic E-state index is -0.453. The van der Waals surface area contributed by atoms with Crippen LogP contribution in [0.15, 0.2) is 28.7 Å². The number of rotatable bonds is 3. The van der Waals surface area contributed by atoms with E-state index in [1.807, 2.05) is 24.3 Å². The second kappa shape index (κ2) is 4.60. The summed E-state index contributed by atoms with van der Waals surface area (Å²) in [7, 11) is 0. The highest BCUT2D eigenvalue weighted by Gasteiger charge is 2.08. The Labute approximate surface area is 80.5 Å². The number of hydrogen-bond acceptors (Lipinski definition) is 2. The van der Waals surface area contributed by atoms with E-state index in [4.69, 9.17) is 5.73 Å². The van der Waals surface area contributed by atoms with Gasteiger partial charge in [-0.3, -0.25) is 0 Å². The lowest BCUT2D eigenvalue weighted by molar-refractivity contribution is 0.169. The van der Waals surface area contributed by atoms with Crippen LogP contribution in [0.3, 0.4) is 0 Å². The number of aliphatic hydroxyl groups is 1. The van der Waals surface area contributed by atoms with Gasteiger partial charge in [0.05, 0.1) is 6.10 Å². The summed E-state index contributed by atoms with van der Waals surface area (Å²) in [5.74, 6) is 0. The van der Waals surface area contributed by atoms with Crippen molar-refractivity contribution in [1.82, 2.24) is 0 Å². The van der Waals surface area contributed by atoms with Crippen LogP contribution in [0.4, 0.5) is 0 Å². The zero-order valence-electron chi connectivity index (χ0n) is 6.70. The lowest BCUT2D eigenvalue weighted by Gasteiger charge is -2.10. The molecule has 0 heterocycles. The molecular weight excluding hydrogens is 218 g/mol. The van der Waals surface area contributed by atoms with Crippen LogP contribution < -0.4 is 5.73 Å². The van der Waals surface area contributed by atoms with E-state index in [-0.39, 0.29) is 0 Å². The van der Waals surface area contributed by atoms with Crippen molar-refractivity contribution in [2.24, 2.45) is 5.73 Å². The van der Waals surface area contributed by atoms with E-state index in [0.29, 0.717) is 13.0 Å². The molecule has 0 radical (unpaired) electrons. The number of nitrogens with two attached hydrogens (primary N) is 1. The van der Waals surface area contributed by atoms with Crippen molar-refractivity contribution in [2.75, 3.05) is 6.54 Å². The monoisotopic (exact) mass is 229 g/mol. The number of benzene rings is 1. The van der Waals surface area contributed by atoms with Gasteiger partial charge in [0.2, 0.25) is 0 Å². The van der Waals surface area contributed by atoms with Gasteiger partial charge in [-0.2, -0.15) is 0 Å². The van der Waals surface area contributed by atoms with Crippen LogP contribution >= 0.6 is 15.9 Å². The molecule has 0 fully saturated rings. The summed E-state index contributed by atoms with van der Waals surface area (Å²) in [6, 6.07) is 7.63. The van der Waals surface area contributed by atoms with Gasteiger partial charge in [0.15, 0.2) is 0 Å². The van der Waals surface area contributed by atoms with Crippen LogP contribution in [-0.2, 0) is 0 Å². The zero-order valence-corrected chi connectivity index (χ0v) is 8.29. The predicted octanol–water partition coefficient (Wildman–Crippen LogP) is 1.83. The van der Waals surface area contributed by atoms with E-state index >= 15 is 0 Å². The Morgan fingerprint density at radius 2 is 2.08 bits per heavy atom. The first kappa shape index (κ1) is 9.71. The normalized spacial score (nSPS) is 12.9. The quantitative estimate of drug-likeness (QED) is 0.832. The molecule has 0 aliphatic heterocycles. The van der Waals surface area contributed by atoms with Crippen LogP contribution in [0.1, 0.15) is 18.1 Å². The van der Waals surface area contributed by atoms with Crippen molar-refractivity contribution >= 4 is 15.9 Å². The molecule has 0 aromatic heterocycles. The summed E-state index contributed by atoms with van der Waals surface area (Å²) in [4.78, 5) is 0. The first-order chi connectivity index (χ1) is 5.75. The smallest absolute Gasteiger partial charge is 0.0813 e. The standard InChI is InChI=1S/C9H12BrNO/c10-8-4-2-1-3-7(8)9(12)5-6-11/h1-4,9,12H,5-6,11H2/t9-/m0/s1. The molecule has 1 atom stereocenters. The first-order valence-corrected chi connectivity index (χ1v) is 4.67. The average Bonchev–Trinajstić information content (AvgIpc) is 2.05. The Balaban J connectivity index is 2.79. The maximum Gasteiger partial charge on any atom is 0.0813 e. The topological polar surface area (TPSA) is 46.2 Å². The number of hydrogen-bond donors (Lipinski definition) is 2. The van der Waals surface area contributed by atoms with Crippen molar-refractivity contribution in [1.29, 1.82) is 0 Å². The third-order valence-electron chi connectivity index (χ3n) is 1.70. The lowest BCUT2D eigenvalue weighted by atomic mass is 10.1. The van der Waals surface area contributed by atoms with Gasteiger partial charge in [0, 0.05) is 4.47 Å². The van der Waals surface area contributed by atoms with Gasteiger partial charge < -0.3 is 10.8 Å². The van der Waals surface area contributed by atoms with E-state index < -0.39 is 6.10 Å². The summed E-state index contributed by atoms with van der Waals surface area (Å²) in [5, 5.41) is 9.59. The summed E-state index contributed by atoms with van der Waals surface area (Å²) in [6.07, 6.45) is 0.147. The van der Waals surface area contributed by atoms with Crippen LogP contribution in [0.25, 0.3) is 0 Å². The molecule has 0 saturated heterocycles. The molecule has 0 unspecified atom stereocenters. The van der Waals surface area contributed by atoms with Crippen molar-refractivity contribution < 1.29 is 5.11 Å². The molecule has 1 aromatic carbocycles. The highest BCUT2D eigenvalue weighted by Crippen LogP contribution is 2.24. The predicted molar refractivity (Wildman–Crippen MR) is 52.8 cm³/mol. The fourth-order valence-corrected chi connectivity index (χ4v) is 1.61. The van der Waals surface area contributed by atoms with Crippen LogP contribution in [0, 0.1) is 0 Å². The Morgan fingerprint density at radius 1 is 1.42 bits per heavy atom. The number of halogens is 1. The van der Waals surface area contributed by atoms with Gasteiger partial charge in [-0.25, -0.2) is 0 Å². The molecular formula is C9H12BrNO. The summed E-state index contributed by atoms with van der Waals surface area (Å²) in [6.45, 7) is 0.502. The Morgan fingerprint density at radius 3 is 2.67 bits per heavy atom. The third-order valence-corrected chi connectivity index (χ3v) is 2.43. The molecule has 0 aliphatic rings. The van der Waals surface area contributed by atoms with Crippen molar-refractivity contribution in [3.63, 3.8) is 0 Å². The molecule has 1 rings (SSSR count). The molecule has 0 spiro atoms. The average molecular weight is 230 g/mol. The van der Waals surface area contributed by atoms with E-state index in [9.17, 15) is 5.11 Å². The molecule has 0 aliphatic carbocycles. The number of aliphatic hydroxyl groups excluding tert-OH is 1. The van der Waals surface area contributed by atoms with E-state index in [2.05, 4.69) is 15.9 Å². The molecule has 2 nitrogen and oxygen atoms in total.